The van der Waals surface area contributed by atoms with Crippen LogP contribution in [0.2, 0.25) is 10.0 Å². The van der Waals surface area contributed by atoms with Gasteiger partial charge in [0, 0.05) is 15.6 Å². The van der Waals surface area contributed by atoms with Gasteiger partial charge in [0.2, 0.25) is 6.33 Å². The van der Waals surface area contributed by atoms with Gasteiger partial charge in [0.15, 0.2) is 0 Å². The Kier molecular flexibility index (Phi) is 5.02. The summed E-state index contributed by atoms with van der Waals surface area (Å²) < 4.78 is 7.79. The van der Waals surface area contributed by atoms with Crippen molar-refractivity contribution >= 4 is 23.2 Å². The van der Waals surface area contributed by atoms with Crippen molar-refractivity contribution in [3.63, 3.8) is 0 Å². The predicted octanol–water partition coefficient (Wildman–Crippen LogP) is 3.55. The molecule has 1 unspecified atom stereocenters. The molecule has 1 atom stereocenters. The second kappa shape index (κ2) is 6.75. The molecule has 0 radical (unpaired) electrons. The predicted molar refractivity (Wildman–Crippen MR) is 76.3 cm³/mol. The van der Waals surface area contributed by atoms with E-state index in [-0.39, 0.29) is 6.10 Å². The van der Waals surface area contributed by atoms with Crippen LogP contribution >= 0.6 is 23.2 Å². The van der Waals surface area contributed by atoms with Crippen molar-refractivity contribution in [2.45, 2.75) is 12.6 Å². The molecule has 0 fully saturated rings. The first-order chi connectivity index (χ1) is 9.20. The summed E-state index contributed by atoms with van der Waals surface area (Å²) in [5.74, 6) is 0. The lowest BCUT2D eigenvalue weighted by Gasteiger charge is -2.17. The fraction of sp³-hybridized carbons (Fsp3) is 0.214. The Hall–Kier alpha value is -1.29. The summed E-state index contributed by atoms with van der Waals surface area (Å²) >= 11 is 12.2. The zero-order chi connectivity index (χ0) is 13.7. The number of nitrogens with zero attached hydrogens (tertiary/aromatic N) is 1. The van der Waals surface area contributed by atoms with Gasteiger partial charge in [-0.25, -0.2) is 4.57 Å². The van der Waals surface area contributed by atoms with E-state index in [0.717, 1.165) is 5.56 Å². The van der Waals surface area contributed by atoms with E-state index in [2.05, 4.69) is 11.6 Å². The summed E-state index contributed by atoms with van der Waals surface area (Å²) in [7, 11) is 0. The Balaban J connectivity index is 2.22. The molecule has 0 amide bonds. The molecule has 1 aromatic heterocycles. The van der Waals surface area contributed by atoms with E-state index >= 15 is 0 Å². The Bertz CT molecular complexity index is 540. The van der Waals surface area contributed by atoms with Crippen LogP contribution in [-0.2, 0) is 11.3 Å². The Morgan fingerprint density at radius 2 is 2.26 bits per heavy atom. The van der Waals surface area contributed by atoms with E-state index in [0.29, 0.717) is 23.2 Å². The highest BCUT2D eigenvalue weighted by molar-refractivity contribution is 6.35. The van der Waals surface area contributed by atoms with Crippen molar-refractivity contribution in [3.05, 3.63) is 65.2 Å². The van der Waals surface area contributed by atoms with E-state index in [4.69, 9.17) is 27.9 Å². The maximum atomic E-state index is 6.24. The molecule has 100 valence electrons. The SMILES string of the molecule is C=CCOC(C[n+]1cc[nH]c1)c1ccc(Cl)cc1Cl. The fourth-order valence-electron chi connectivity index (χ4n) is 1.81. The van der Waals surface area contributed by atoms with E-state index in [1.54, 1.807) is 12.1 Å². The highest BCUT2D eigenvalue weighted by atomic mass is 35.5. The molecular weight excluding hydrogens is 283 g/mol. The van der Waals surface area contributed by atoms with Gasteiger partial charge in [-0.15, -0.1) is 6.58 Å². The summed E-state index contributed by atoms with van der Waals surface area (Å²) in [6, 6.07) is 5.44. The van der Waals surface area contributed by atoms with Crippen LogP contribution in [0.3, 0.4) is 0 Å². The number of imidazole rings is 1. The maximum absolute atomic E-state index is 6.24. The summed E-state index contributed by atoms with van der Waals surface area (Å²) in [6.45, 7) is 4.80. The molecule has 0 spiro atoms. The Morgan fingerprint density at radius 1 is 1.42 bits per heavy atom. The lowest BCUT2D eigenvalue weighted by molar-refractivity contribution is -0.703. The topological polar surface area (TPSA) is 28.9 Å². The van der Waals surface area contributed by atoms with Crippen LogP contribution in [0.25, 0.3) is 0 Å². The third-order valence-corrected chi connectivity index (χ3v) is 3.27. The minimum Gasteiger partial charge on any atom is -0.365 e. The van der Waals surface area contributed by atoms with Crippen molar-refractivity contribution in [1.29, 1.82) is 0 Å². The van der Waals surface area contributed by atoms with Gasteiger partial charge in [0.1, 0.15) is 25.0 Å². The number of H-pyrrole nitrogens is 1. The summed E-state index contributed by atoms with van der Waals surface area (Å²) in [5, 5.41) is 1.23. The quantitative estimate of drug-likeness (QED) is 0.641. The second-order valence-electron chi connectivity index (χ2n) is 4.08. The van der Waals surface area contributed by atoms with E-state index in [9.17, 15) is 0 Å². The Labute approximate surface area is 122 Å². The number of aromatic amines is 1. The van der Waals surface area contributed by atoms with Crippen molar-refractivity contribution in [1.82, 2.24) is 4.98 Å². The van der Waals surface area contributed by atoms with Gasteiger partial charge in [-0.1, -0.05) is 35.3 Å². The van der Waals surface area contributed by atoms with Crippen LogP contribution in [0.1, 0.15) is 11.7 Å². The number of halogens is 2. The third-order valence-electron chi connectivity index (χ3n) is 2.70. The van der Waals surface area contributed by atoms with Gasteiger partial charge in [0.05, 0.1) is 6.61 Å². The molecule has 1 N–H and O–H groups in total. The normalized spacial score (nSPS) is 12.3. The number of nitrogens with one attached hydrogen (secondary N) is 1. The minimum atomic E-state index is -0.149. The fourth-order valence-corrected chi connectivity index (χ4v) is 2.34. The van der Waals surface area contributed by atoms with Gasteiger partial charge in [-0.3, -0.25) is 4.98 Å². The molecule has 3 nitrogen and oxygen atoms in total. The number of aromatic nitrogens is 2. The van der Waals surface area contributed by atoms with Crippen LogP contribution in [0.15, 0.2) is 49.6 Å². The smallest absolute Gasteiger partial charge is 0.241 e. The minimum absolute atomic E-state index is 0.149. The molecule has 0 aliphatic rings. The van der Waals surface area contributed by atoms with E-state index in [1.165, 1.54) is 0 Å². The zero-order valence-electron chi connectivity index (χ0n) is 10.4. The molecule has 0 aliphatic carbocycles. The maximum Gasteiger partial charge on any atom is 0.241 e. The molecule has 1 heterocycles. The summed E-state index contributed by atoms with van der Waals surface area (Å²) in [6.07, 6.45) is 7.23. The standard InChI is InChI=1S/C14H14Cl2N2O/c1-2-7-19-14(9-18-6-5-17-10-18)12-4-3-11(15)8-13(12)16/h2-6,8,10,14H,1,7,9H2/p+1. The first-order valence-corrected chi connectivity index (χ1v) is 6.65. The van der Waals surface area contributed by atoms with Gasteiger partial charge in [0.25, 0.3) is 0 Å². The van der Waals surface area contributed by atoms with Gasteiger partial charge >= 0.3 is 0 Å². The number of hydrogen-bond donors (Lipinski definition) is 1. The molecule has 0 saturated heterocycles. The number of ether oxygens (including phenoxy) is 1. The van der Waals surface area contributed by atoms with Gasteiger partial charge in [-0.2, -0.15) is 0 Å². The van der Waals surface area contributed by atoms with Crippen LogP contribution in [0, 0.1) is 0 Å². The lowest BCUT2D eigenvalue weighted by Crippen LogP contribution is -2.35. The van der Waals surface area contributed by atoms with E-state index in [1.807, 2.05) is 35.4 Å². The molecule has 5 heteroatoms. The number of hydrogen-bond acceptors (Lipinski definition) is 1. The van der Waals surface area contributed by atoms with Gasteiger partial charge < -0.3 is 4.74 Å². The van der Waals surface area contributed by atoms with Crippen molar-refractivity contribution in [3.8, 4) is 0 Å². The molecule has 0 saturated carbocycles. The van der Waals surface area contributed by atoms with Gasteiger partial charge in [-0.05, 0) is 12.1 Å². The third kappa shape index (κ3) is 3.83. The monoisotopic (exact) mass is 297 g/mol. The summed E-state index contributed by atoms with van der Waals surface area (Å²) in [4.78, 5) is 3.00. The van der Waals surface area contributed by atoms with Crippen molar-refractivity contribution in [2.24, 2.45) is 0 Å². The molecule has 1 aromatic carbocycles. The largest absolute Gasteiger partial charge is 0.365 e. The van der Waals surface area contributed by atoms with Crippen LogP contribution in [-0.4, -0.2) is 11.6 Å². The van der Waals surface area contributed by atoms with Crippen LogP contribution in [0.4, 0.5) is 0 Å². The first-order valence-electron chi connectivity index (χ1n) is 5.90. The van der Waals surface area contributed by atoms with Crippen LogP contribution in [0.5, 0.6) is 0 Å². The first kappa shape index (κ1) is 14.1. The molecule has 0 aliphatic heterocycles. The molecular formula is C14H15Cl2N2O+. The highest BCUT2D eigenvalue weighted by Crippen LogP contribution is 2.28. The molecule has 0 bridgehead atoms. The lowest BCUT2D eigenvalue weighted by atomic mass is 10.1. The van der Waals surface area contributed by atoms with Crippen molar-refractivity contribution in [2.75, 3.05) is 6.61 Å². The average molecular weight is 298 g/mol. The number of benzene rings is 1. The second-order valence-corrected chi connectivity index (χ2v) is 4.93. The molecule has 19 heavy (non-hydrogen) atoms. The highest BCUT2D eigenvalue weighted by Gasteiger charge is 2.18. The van der Waals surface area contributed by atoms with Crippen molar-refractivity contribution < 1.29 is 9.30 Å². The summed E-state index contributed by atoms with van der Waals surface area (Å²) in [5.41, 5.74) is 0.918. The average Bonchev–Trinajstić information content (AvgIpc) is 2.88. The number of rotatable bonds is 6. The molecule has 2 rings (SSSR count). The zero-order valence-corrected chi connectivity index (χ0v) is 11.9. The molecule has 2 aromatic rings. The Morgan fingerprint density at radius 3 is 2.89 bits per heavy atom. The van der Waals surface area contributed by atoms with E-state index < -0.39 is 0 Å². The van der Waals surface area contributed by atoms with Crippen LogP contribution < -0.4 is 4.57 Å².